The van der Waals surface area contributed by atoms with E-state index in [0.717, 1.165) is 32.1 Å². The molecule has 0 saturated heterocycles. The number of unbranched alkanes of at least 4 members (excludes halogenated alkanes) is 12. The van der Waals surface area contributed by atoms with Crippen molar-refractivity contribution in [2.75, 3.05) is 21.1 Å². The summed E-state index contributed by atoms with van der Waals surface area (Å²) >= 11 is 0. The lowest BCUT2D eigenvalue weighted by molar-refractivity contribution is -0.914. The second-order valence-corrected chi connectivity index (χ2v) is 9.61. The number of rotatable bonds is 20. The monoisotopic (exact) mass is 426 g/mol. The van der Waals surface area contributed by atoms with E-state index in [1.807, 2.05) is 0 Å². The minimum absolute atomic E-state index is 0.125. The normalized spacial score (nSPS) is 14.1. The molecular formula is C25H48NO4+. The van der Waals surface area contributed by atoms with Gasteiger partial charge in [-0.15, -0.1) is 0 Å². The Bertz CT molecular complexity index is 496. The van der Waals surface area contributed by atoms with Gasteiger partial charge in [-0.2, -0.15) is 0 Å². The zero-order valence-electron chi connectivity index (χ0n) is 20.1. The molecule has 0 rings (SSSR count). The Kier molecular flexibility index (Phi) is 15.6. The highest BCUT2D eigenvalue weighted by Crippen LogP contribution is 2.30. The molecule has 1 atom stereocenters. The summed E-state index contributed by atoms with van der Waals surface area (Å²) in [6.45, 7) is 2.25. The summed E-state index contributed by atoms with van der Waals surface area (Å²) in [7, 11) is 5.32. The maximum atomic E-state index is 11.9. The van der Waals surface area contributed by atoms with Crippen LogP contribution in [-0.4, -0.2) is 53.3 Å². The zero-order chi connectivity index (χ0) is 22.9. The number of quaternary nitrogens is 1. The molecule has 0 heterocycles. The second-order valence-electron chi connectivity index (χ2n) is 9.61. The molecule has 30 heavy (non-hydrogen) atoms. The van der Waals surface area contributed by atoms with Crippen molar-refractivity contribution in [1.82, 2.24) is 0 Å². The molecule has 0 aromatic heterocycles. The topological polar surface area (TPSA) is 74.6 Å². The number of aliphatic carboxylic acids is 2. The summed E-state index contributed by atoms with van der Waals surface area (Å²) < 4.78 is 0.125. The molecule has 0 bridgehead atoms. The van der Waals surface area contributed by atoms with Crippen LogP contribution in [0.15, 0.2) is 12.2 Å². The van der Waals surface area contributed by atoms with E-state index in [-0.39, 0.29) is 10.9 Å². The highest BCUT2D eigenvalue weighted by molar-refractivity contribution is 5.83. The largest absolute Gasteiger partial charge is 0.481 e. The molecule has 0 amide bonds. The van der Waals surface area contributed by atoms with Crippen LogP contribution in [0.1, 0.15) is 110 Å². The van der Waals surface area contributed by atoms with Crippen molar-refractivity contribution < 1.29 is 24.3 Å². The number of hydrogen-bond donors (Lipinski definition) is 2. The molecule has 0 radical (unpaired) electrons. The molecule has 0 aliphatic rings. The third-order valence-electron chi connectivity index (χ3n) is 6.23. The van der Waals surface area contributed by atoms with Crippen molar-refractivity contribution in [1.29, 1.82) is 0 Å². The Labute approximate surface area is 185 Å². The van der Waals surface area contributed by atoms with Gasteiger partial charge >= 0.3 is 11.9 Å². The lowest BCUT2D eigenvalue weighted by Gasteiger charge is -2.42. The summed E-state index contributed by atoms with van der Waals surface area (Å²) in [6.07, 6.45) is 21.6. The molecule has 0 fully saturated rings. The van der Waals surface area contributed by atoms with Crippen LogP contribution < -0.4 is 0 Å². The molecule has 2 N–H and O–H groups in total. The molecule has 5 heteroatoms. The van der Waals surface area contributed by atoms with Crippen molar-refractivity contribution in [2.24, 2.45) is 0 Å². The van der Waals surface area contributed by atoms with Gasteiger partial charge in [0.25, 0.3) is 0 Å². The molecule has 0 aromatic carbocycles. The number of hydrogen-bond acceptors (Lipinski definition) is 2. The number of likely N-dealkylation sites (N-methyl/N-ethyl adjacent to an activating group) is 1. The lowest BCUT2D eigenvalue weighted by atomic mass is 9.85. The summed E-state index contributed by atoms with van der Waals surface area (Å²) in [5.41, 5.74) is -1.26. The van der Waals surface area contributed by atoms with E-state index in [9.17, 15) is 19.8 Å². The van der Waals surface area contributed by atoms with Gasteiger partial charge in [0.1, 0.15) is 6.42 Å². The molecule has 0 aliphatic heterocycles. The summed E-state index contributed by atoms with van der Waals surface area (Å²) in [4.78, 5) is 23.2. The summed E-state index contributed by atoms with van der Waals surface area (Å²) in [6, 6.07) is 0. The van der Waals surface area contributed by atoms with Crippen molar-refractivity contribution >= 4 is 11.9 Å². The van der Waals surface area contributed by atoms with Crippen LogP contribution in [0.2, 0.25) is 0 Å². The van der Waals surface area contributed by atoms with Gasteiger partial charge < -0.3 is 14.7 Å². The molecular weight excluding hydrogens is 378 g/mol. The molecule has 0 aromatic rings. The molecule has 1 unspecified atom stereocenters. The van der Waals surface area contributed by atoms with Crippen LogP contribution in [0, 0.1) is 0 Å². The Balaban J connectivity index is 3.88. The minimum atomic E-state index is -1.26. The van der Waals surface area contributed by atoms with Gasteiger partial charge in [0, 0.05) is 6.42 Å². The smallest absolute Gasteiger partial charge is 0.366 e. The van der Waals surface area contributed by atoms with Crippen LogP contribution in [0.3, 0.4) is 0 Å². The van der Waals surface area contributed by atoms with Gasteiger partial charge in [-0.05, 0) is 32.1 Å². The number of carbonyl (C=O) groups is 2. The first kappa shape index (κ1) is 28.6. The van der Waals surface area contributed by atoms with Gasteiger partial charge in [0.05, 0.1) is 21.1 Å². The first-order valence-corrected chi connectivity index (χ1v) is 12.1. The third-order valence-corrected chi connectivity index (χ3v) is 6.23. The van der Waals surface area contributed by atoms with Crippen LogP contribution >= 0.6 is 0 Å². The molecule has 5 nitrogen and oxygen atoms in total. The maximum Gasteiger partial charge on any atom is 0.366 e. The molecule has 0 saturated carbocycles. The Hall–Kier alpha value is -1.36. The van der Waals surface area contributed by atoms with Gasteiger partial charge in [-0.25, -0.2) is 4.79 Å². The fourth-order valence-corrected chi connectivity index (χ4v) is 4.05. The average Bonchev–Trinajstić information content (AvgIpc) is 2.65. The predicted molar refractivity (Wildman–Crippen MR) is 125 cm³/mol. The first-order valence-electron chi connectivity index (χ1n) is 12.1. The fourth-order valence-electron chi connectivity index (χ4n) is 4.05. The first-order chi connectivity index (χ1) is 14.2. The SMILES string of the molecule is CCCCCCCCC=CCCCCCCCCC(CC(=O)O)(C(=O)O)[N+](C)(C)C. The Morgan fingerprint density at radius 1 is 0.733 bits per heavy atom. The van der Waals surface area contributed by atoms with Gasteiger partial charge in [-0.1, -0.05) is 76.9 Å². The quantitative estimate of drug-likeness (QED) is 0.134. The summed E-state index contributed by atoms with van der Waals surface area (Å²) in [5, 5.41) is 19.0. The molecule has 0 aliphatic carbocycles. The maximum absolute atomic E-state index is 11.9. The highest BCUT2D eigenvalue weighted by Gasteiger charge is 2.51. The third kappa shape index (κ3) is 12.4. The van der Waals surface area contributed by atoms with Crippen LogP contribution in [0.5, 0.6) is 0 Å². The molecule has 176 valence electrons. The van der Waals surface area contributed by atoms with Gasteiger partial charge in [0.15, 0.2) is 0 Å². The number of nitrogens with zero attached hydrogens (tertiary/aromatic N) is 1. The van der Waals surface area contributed by atoms with E-state index in [1.54, 1.807) is 21.1 Å². The van der Waals surface area contributed by atoms with E-state index in [4.69, 9.17) is 0 Å². The van der Waals surface area contributed by atoms with Crippen LogP contribution in [0.25, 0.3) is 0 Å². The van der Waals surface area contributed by atoms with Gasteiger partial charge in [0.2, 0.25) is 5.54 Å². The number of allylic oxidation sites excluding steroid dienone is 2. The van der Waals surface area contributed by atoms with E-state index in [1.165, 1.54) is 57.8 Å². The van der Waals surface area contributed by atoms with E-state index >= 15 is 0 Å². The lowest BCUT2D eigenvalue weighted by Crippen LogP contribution is -2.62. The van der Waals surface area contributed by atoms with Crippen molar-refractivity contribution in [3.05, 3.63) is 12.2 Å². The van der Waals surface area contributed by atoms with Crippen molar-refractivity contribution in [3.63, 3.8) is 0 Å². The van der Waals surface area contributed by atoms with E-state index in [2.05, 4.69) is 19.1 Å². The average molecular weight is 427 g/mol. The second kappa shape index (κ2) is 16.3. The standard InChI is InChI=1S/C25H47NO4/c1-5-6-7-8-9-10-11-12-13-14-15-16-17-18-19-20-21-25(24(29)30,22-23(27)28)26(2,3)4/h12-13H,5-11,14-22H2,1-4H3,(H-,27,28,29,30)/p+1. The van der Waals surface area contributed by atoms with E-state index in [0.29, 0.717) is 6.42 Å². The Morgan fingerprint density at radius 2 is 1.17 bits per heavy atom. The Morgan fingerprint density at radius 3 is 1.57 bits per heavy atom. The van der Waals surface area contributed by atoms with Crippen LogP contribution in [-0.2, 0) is 9.59 Å². The predicted octanol–water partition coefficient (Wildman–Crippen LogP) is 6.42. The summed E-state index contributed by atoms with van der Waals surface area (Å²) in [5.74, 6) is -2.06. The number of carboxylic acid groups (broad SMARTS) is 2. The highest BCUT2D eigenvalue weighted by atomic mass is 16.4. The number of carboxylic acids is 2. The van der Waals surface area contributed by atoms with Crippen molar-refractivity contribution in [3.8, 4) is 0 Å². The van der Waals surface area contributed by atoms with Crippen molar-refractivity contribution in [2.45, 2.75) is 115 Å². The van der Waals surface area contributed by atoms with E-state index < -0.39 is 17.5 Å². The van der Waals surface area contributed by atoms with Crippen LogP contribution in [0.4, 0.5) is 0 Å². The van der Waals surface area contributed by atoms with Gasteiger partial charge in [-0.3, -0.25) is 4.79 Å². The zero-order valence-corrected chi connectivity index (χ0v) is 20.1. The fraction of sp³-hybridized carbons (Fsp3) is 0.840. The molecule has 0 spiro atoms. The minimum Gasteiger partial charge on any atom is -0.481 e.